The fraction of sp³-hybridized carbons (Fsp3) is 0.368. The first-order chi connectivity index (χ1) is 24.1. The van der Waals surface area contributed by atoms with Gasteiger partial charge in [0.25, 0.3) is 0 Å². The van der Waals surface area contributed by atoms with E-state index in [9.17, 15) is 9.90 Å². The van der Waals surface area contributed by atoms with Crippen LogP contribution in [0.5, 0.6) is 17.5 Å². The van der Waals surface area contributed by atoms with Gasteiger partial charge in [-0.3, -0.25) is 0 Å². The number of rotatable bonds is 15. The van der Waals surface area contributed by atoms with Crippen LogP contribution in [0.25, 0.3) is 5.65 Å². The number of imidazole rings is 1. The predicted molar refractivity (Wildman–Crippen MR) is 191 cm³/mol. The van der Waals surface area contributed by atoms with E-state index < -0.39 is 17.8 Å². The number of carbonyl (C=O) groups is 1. The molecule has 50 heavy (non-hydrogen) atoms. The van der Waals surface area contributed by atoms with Crippen molar-refractivity contribution in [2.24, 2.45) is 0 Å². The number of hydrogen-bond donors (Lipinski definition) is 2. The van der Waals surface area contributed by atoms with E-state index in [0.29, 0.717) is 42.4 Å². The summed E-state index contributed by atoms with van der Waals surface area (Å²) in [6.07, 6.45) is 1.86. The minimum atomic E-state index is -1.05. The Bertz CT molecular complexity index is 1790. The van der Waals surface area contributed by atoms with Gasteiger partial charge in [-0.2, -0.15) is 4.98 Å². The molecule has 0 aliphatic rings. The fourth-order valence-corrected chi connectivity index (χ4v) is 5.22. The molecule has 1 unspecified atom stereocenters. The summed E-state index contributed by atoms with van der Waals surface area (Å²) in [4.78, 5) is 23.8. The maximum atomic E-state index is 12.1. The number of carbonyl (C=O) groups excluding carboxylic acids is 1. The second-order valence-electron chi connectivity index (χ2n) is 12.9. The standard InChI is InChI=1S/C38H46N6O6/c1-7-8-21-49-36-41-35(43(24-27-11-17-30(47-5)18-12-27)25-28-13-19-31(48-6)20-14-28)34-39-23-32(44(34)42-36)33(45)29-15-9-26(10-16-29)22-40-37(46)50-38(2,3)4/h9-20,23,33,45H,7-8,21-22,24-25H2,1-6H3,(H,40,46). The summed E-state index contributed by atoms with van der Waals surface area (Å²) in [6, 6.07) is 23.3. The Morgan fingerprint density at radius 3 is 2.02 bits per heavy atom. The van der Waals surface area contributed by atoms with E-state index >= 15 is 0 Å². The monoisotopic (exact) mass is 682 g/mol. The molecule has 0 fully saturated rings. The lowest BCUT2D eigenvalue weighted by Gasteiger charge is -2.25. The Kier molecular flexibility index (Phi) is 11.8. The Balaban J connectivity index is 1.49. The van der Waals surface area contributed by atoms with Crippen LogP contribution in [0.3, 0.4) is 0 Å². The Morgan fingerprint density at radius 2 is 1.48 bits per heavy atom. The molecule has 0 bridgehead atoms. The first-order valence-corrected chi connectivity index (χ1v) is 16.7. The van der Waals surface area contributed by atoms with Crippen molar-refractivity contribution in [1.82, 2.24) is 24.9 Å². The number of ether oxygens (including phenoxy) is 4. The van der Waals surface area contributed by atoms with Gasteiger partial charge in [0.2, 0.25) is 0 Å². The van der Waals surface area contributed by atoms with Gasteiger partial charge in [0, 0.05) is 19.6 Å². The smallest absolute Gasteiger partial charge is 0.407 e. The lowest BCUT2D eigenvalue weighted by molar-refractivity contribution is 0.0523. The molecule has 12 nitrogen and oxygen atoms in total. The number of nitrogens with one attached hydrogen (secondary N) is 1. The molecule has 2 aromatic heterocycles. The van der Waals surface area contributed by atoms with Crippen LogP contribution in [0.4, 0.5) is 10.6 Å². The van der Waals surface area contributed by atoms with Crippen LogP contribution in [-0.2, 0) is 24.4 Å². The molecule has 1 atom stereocenters. The molecule has 12 heteroatoms. The quantitative estimate of drug-likeness (QED) is 0.116. The van der Waals surface area contributed by atoms with E-state index in [-0.39, 0.29) is 12.6 Å². The number of aliphatic hydroxyl groups excluding tert-OH is 1. The van der Waals surface area contributed by atoms with Gasteiger partial charge in [0.1, 0.15) is 23.2 Å². The number of aliphatic hydroxyl groups is 1. The third-order valence-electron chi connectivity index (χ3n) is 7.86. The topological polar surface area (TPSA) is 133 Å². The number of fused-ring (bicyclic) bond motifs is 1. The highest BCUT2D eigenvalue weighted by Gasteiger charge is 2.24. The molecule has 0 saturated carbocycles. The summed E-state index contributed by atoms with van der Waals surface area (Å²) >= 11 is 0. The Labute approximate surface area is 293 Å². The molecule has 2 heterocycles. The molecule has 0 aliphatic heterocycles. The largest absolute Gasteiger partial charge is 0.497 e. The van der Waals surface area contributed by atoms with Gasteiger partial charge in [-0.05, 0) is 73.7 Å². The lowest BCUT2D eigenvalue weighted by Crippen LogP contribution is -2.32. The summed E-state index contributed by atoms with van der Waals surface area (Å²) in [5.74, 6) is 2.09. The van der Waals surface area contributed by atoms with Crippen molar-refractivity contribution in [1.29, 1.82) is 0 Å². The highest BCUT2D eigenvalue weighted by molar-refractivity contribution is 5.67. The number of amides is 1. The molecule has 5 aromatic rings. The van der Waals surface area contributed by atoms with Crippen molar-refractivity contribution in [3.05, 3.63) is 107 Å². The van der Waals surface area contributed by atoms with E-state index in [1.54, 1.807) is 24.9 Å². The van der Waals surface area contributed by atoms with E-state index in [4.69, 9.17) is 34.0 Å². The maximum Gasteiger partial charge on any atom is 0.407 e. The minimum absolute atomic E-state index is 0.186. The van der Waals surface area contributed by atoms with Crippen molar-refractivity contribution in [2.75, 3.05) is 25.7 Å². The zero-order chi connectivity index (χ0) is 35.7. The second kappa shape index (κ2) is 16.4. The predicted octanol–water partition coefficient (Wildman–Crippen LogP) is 6.63. The van der Waals surface area contributed by atoms with E-state index in [1.165, 1.54) is 0 Å². The van der Waals surface area contributed by atoms with Gasteiger partial charge in [0.05, 0.1) is 32.7 Å². The molecule has 0 aliphatic carbocycles. The normalized spacial score (nSPS) is 12.0. The lowest BCUT2D eigenvalue weighted by atomic mass is 10.0. The molecule has 0 spiro atoms. The second-order valence-corrected chi connectivity index (χ2v) is 12.9. The minimum Gasteiger partial charge on any atom is -0.497 e. The molecular formula is C38H46N6O6. The number of unbranched alkanes of at least 4 members (excludes halogenated alkanes) is 1. The SMILES string of the molecule is CCCCOc1nc(N(Cc2ccc(OC)cc2)Cc2ccc(OC)cc2)c2ncc(C(O)c3ccc(CNC(=O)OC(C)(C)C)cc3)n2n1. The molecule has 1 amide bonds. The molecule has 0 radical (unpaired) electrons. The van der Waals surface area contributed by atoms with Crippen molar-refractivity contribution in [2.45, 2.75) is 71.9 Å². The fourth-order valence-electron chi connectivity index (χ4n) is 5.22. The van der Waals surface area contributed by atoms with Crippen LogP contribution in [0.15, 0.2) is 79.0 Å². The number of nitrogens with zero attached hydrogens (tertiary/aromatic N) is 5. The summed E-state index contributed by atoms with van der Waals surface area (Å²) in [6.45, 7) is 9.27. The van der Waals surface area contributed by atoms with Gasteiger partial charge in [-0.1, -0.05) is 61.9 Å². The third-order valence-corrected chi connectivity index (χ3v) is 7.86. The molecule has 5 rings (SSSR count). The number of anilines is 1. The van der Waals surface area contributed by atoms with Crippen molar-refractivity contribution >= 4 is 17.6 Å². The molecule has 0 saturated heterocycles. The zero-order valence-corrected chi connectivity index (χ0v) is 29.6. The van der Waals surface area contributed by atoms with Crippen LogP contribution in [-0.4, -0.2) is 57.2 Å². The number of methoxy groups -OCH3 is 2. The average molecular weight is 683 g/mol. The first-order valence-electron chi connectivity index (χ1n) is 16.7. The third kappa shape index (κ3) is 9.41. The summed E-state index contributed by atoms with van der Waals surface area (Å²) in [7, 11) is 3.29. The summed E-state index contributed by atoms with van der Waals surface area (Å²) in [5.41, 5.74) is 3.91. The van der Waals surface area contributed by atoms with E-state index in [1.807, 2.05) is 93.6 Å². The molecular weight excluding hydrogens is 636 g/mol. The van der Waals surface area contributed by atoms with Crippen LogP contribution >= 0.6 is 0 Å². The number of alkyl carbamates (subject to hydrolysis) is 1. The molecule has 264 valence electrons. The summed E-state index contributed by atoms with van der Waals surface area (Å²) in [5, 5.41) is 19.1. The van der Waals surface area contributed by atoms with Gasteiger partial charge in [0.15, 0.2) is 11.5 Å². The number of hydrogen-bond acceptors (Lipinski definition) is 10. The van der Waals surface area contributed by atoms with Crippen LogP contribution in [0, 0.1) is 0 Å². The number of benzene rings is 3. The Hall–Kier alpha value is -5.36. The van der Waals surface area contributed by atoms with Crippen LogP contribution in [0.2, 0.25) is 0 Å². The van der Waals surface area contributed by atoms with Crippen LogP contribution in [0.1, 0.15) is 74.6 Å². The van der Waals surface area contributed by atoms with Gasteiger partial charge >= 0.3 is 12.1 Å². The first kappa shape index (κ1) is 35.9. The molecule has 3 aromatic carbocycles. The number of aromatic nitrogens is 4. The highest BCUT2D eigenvalue weighted by atomic mass is 16.6. The van der Waals surface area contributed by atoms with Crippen molar-refractivity contribution in [3.8, 4) is 17.5 Å². The average Bonchev–Trinajstić information content (AvgIpc) is 3.54. The van der Waals surface area contributed by atoms with Gasteiger partial charge in [-0.15, -0.1) is 5.10 Å². The summed E-state index contributed by atoms with van der Waals surface area (Å²) < 4.78 is 23.8. The van der Waals surface area contributed by atoms with Crippen LogP contribution < -0.4 is 24.4 Å². The van der Waals surface area contributed by atoms with Crippen molar-refractivity contribution in [3.63, 3.8) is 0 Å². The van der Waals surface area contributed by atoms with Gasteiger partial charge in [-0.25, -0.2) is 14.3 Å². The zero-order valence-electron chi connectivity index (χ0n) is 29.6. The molecule has 2 N–H and O–H groups in total. The van der Waals surface area contributed by atoms with Gasteiger partial charge < -0.3 is 34.3 Å². The van der Waals surface area contributed by atoms with Crippen molar-refractivity contribution < 1.29 is 28.8 Å². The highest BCUT2D eigenvalue weighted by Crippen LogP contribution is 2.30. The Morgan fingerprint density at radius 1 is 0.900 bits per heavy atom. The van der Waals surface area contributed by atoms with E-state index in [2.05, 4.69) is 17.1 Å². The van der Waals surface area contributed by atoms with E-state index in [0.717, 1.165) is 41.0 Å². The maximum absolute atomic E-state index is 12.1.